The highest BCUT2D eigenvalue weighted by atomic mass is 19.1. The molecule has 0 spiro atoms. The predicted molar refractivity (Wildman–Crippen MR) is 70.1 cm³/mol. The maximum Gasteiger partial charge on any atom is 0.134 e. The van der Waals surface area contributed by atoms with Gasteiger partial charge in [0.15, 0.2) is 0 Å². The van der Waals surface area contributed by atoms with E-state index < -0.39 is 17.7 Å². The minimum Gasteiger partial charge on any atom is -0.464 e. The van der Waals surface area contributed by atoms with E-state index in [0.29, 0.717) is 23.6 Å². The lowest BCUT2D eigenvalue weighted by Crippen LogP contribution is -2.24. The molecule has 0 radical (unpaired) electrons. The average Bonchev–Trinajstić information content (AvgIpc) is 2.80. The van der Waals surface area contributed by atoms with Crippen LogP contribution in [0.1, 0.15) is 35.6 Å². The van der Waals surface area contributed by atoms with Gasteiger partial charge in [-0.15, -0.1) is 0 Å². The predicted octanol–water partition coefficient (Wildman–Crippen LogP) is 3.87. The maximum atomic E-state index is 14.2. The normalized spacial score (nSPS) is 12.7. The zero-order valence-corrected chi connectivity index (χ0v) is 11.3. The number of hydrogen-bond acceptors (Lipinski definition) is 2. The summed E-state index contributed by atoms with van der Waals surface area (Å²) >= 11 is 0. The zero-order valence-electron chi connectivity index (χ0n) is 11.3. The summed E-state index contributed by atoms with van der Waals surface area (Å²) in [7, 11) is 0. The fraction of sp³-hybridized carbons (Fsp3) is 0.333. The Morgan fingerprint density at radius 2 is 1.89 bits per heavy atom. The number of aryl methyl sites for hydroxylation is 2. The van der Waals surface area contributed by atoms with Crippen molar-refractivity contribution in [2.75, 3.05) is 6.54 Å². The largest absolute Gasteiger partial charge is 0.464 e. The van der Waals surface area contributed by atoms with Gasteiger partial charge in [0.2, 0.25) is 0 Å². The van der Waals surface area contributed by atoms with Crippen LogP contribution >= 0.6 is 0 Å². The fourth-order valence-corrected chi connectivity index (χ4v) is 2.10. The van der Waals surface area contributed by atoms with Gasteiger partial charge < -0.3 is 9.73 Å². The standard InChI is InChI=1S/C15H17F2NO/c1-4-18-15(12-8-6-10(3)19-12)13-11(16)7-5-9(2)14(13)17/h5-8,15,18H,4H2,1-3H3. The van der Waals surface area contributed by atoms with E-state index >= 15 is 0 Å². The van der Waals surface area contributed by atoms with Crippen LogP contribution in [-0.2, 0) is 0 Å². The second-order valence-corrected chi connectivity index (χ2v) is 4.53. The number of hydrogen-bond donors (Lipinski definition) is 1. The smallest absolute Gasteiger partial charge is 0.134 e. The molecule has 4 heteroatoms. The molecule has 0 aliphatic rings. The van der Waals surface area contributed by atoms with Crippen molar-refractivity contribution in [3.63, 3.8) is 0 Å². The van der Waals surface area contributed by atoms with Gasteiger partial charge in [-0.3, -0.25) is 0 Å². The van der Waals surface area contributed by atoms with Crippen LogP contribution in [0, 0.1) is 25.5 Å². The first-order valence-corrected chi connectivity index (χ1v) is 6.28. The molecule has 1 aromatic carbocycles. The number of nitrogens with one attached hydrogen (secondary N) is 1. The summed E-state index contributed by atoms with van der Waals surface area (Å²) in [4.78, 5) is 0. The number of rotatable bonds is 4. The van der Waals surface area contributed by atoms with Gasteiger partial charge in [-0.2, -0.15) is 0 Å². The van der Waals surface area contributed by atoms with Crippen molar-refractivity contribution in [2.45, 2.75) is 26.8 Å². The van der Waals surface area contributed by atoms with Gasteiger partial charge in [0.05, 0.1) is 6.04 Å². The van der Waals surface area contributed by atoms with Gasteiger partial charge in [0.1, 0.15) is 23.2 Å². The third-order valence-corrected chi connectivity index (χ3v) is 3.06. The van der Waals surface area contributed by atoms with E-state index in [4.69, 9.17) is 4.42 Å². The lowest BCUT2D eigenvalue weighted by atomic mass is 10.0. The molecule has 0 amide bonds. The highest BCUT2D eigenvalue weighted by Gasteiger charge is 2.24. The highest BCUT2D eigenvalue weighted by molar-refractivity contribution is 5.33. The molecule has 2 rings (SSSR count). The molecule has 1 unspecified atom stereocenters. The molecule has 0 saturated heterocycles. The van der Waals surface area contributed by atoms with Gasteiger partial charge in [-0.25, -0.2) is 8.78 Å². The molecule has 0 aliphatic carbocycles. The first kappa shape index (κ1) is 13.7. The Morgan fingerprint density at radius 3 is 2.47 bits per heavy atom. The van der Waals surface area contributed by atoms with E-state index in [1.807, 2.05) is 6.92 Å². The van der Waals surface area contributed by atoms with E-state index in [-0.39, 0.29) is 5.56 Å². The number of benzene rings is 1. The molecule has 2 nitrogen and oxygen atoms in total. The van der Waals surface area contributed by atoms with Gasteiger partial charge >= 0.3 is 0 Å². The Kier molecular flexibility index (Phi) is 4.00. The van der Waals surface area contributed by atoms with Gasteiger partial charge in [0, 0.05) is 5.56 Å². The molecule has 2 aromatic rings. The monoisotopic (exact) mass is 265 g/mol. The Morgan fingerprint density at radius 1 is 1.16 bits per heavy atom. The molecular formula is C15H17F2NO. The van der Waals surface area contributed by atoms with Crippen molar-refractivity contribution in [3.05, 3.63) is 58.5 Å². The van der Waals surface area contributed by atoms with E-state index in [0.717, 1.165) is 0 Å². The fourth-order valence-electron chi connectivity index (χ4n) is 2.10. The van der Waals surface area contributed by atoms with E-state index in [1.165, 1.54) is 12.1 Å². The topological polar surface area (TPSA) is 25.2 Å². The van der Waals surface area contributed by atoms with Crippen LogP contribution < -0.4 is 5.32 Å². The minimum atomic E-state index is -0.612. The summed E-state index contributed by atoms with van der Waals surface area (Å²) < 4.78 is 33.7. The second kappa shape index (κ2) is 5.53. The molecule has 0 fully saturated rings. The van der Waals surface area contributed by atoms with Crippen LogP contribution in [0.3, 0.4) is 0 Å². The maximum absolute atomic E-state index is 14.2. The third kappa shape index (κ3) is 2.68. The molecule has 1 heterocycles. The Hall–Kier alpha value is -1.68. The molecule has 0 bridgehead atoms. The zero-order chi connectivity index (χ0) is 14.0. The molecule has 19 heavy (non-hydrogen) atoms. The van der Waals surface area contributed by atoms with Crippen molar-refractivity contribution in [1.82, 2.24) is 5.32 Å². The molecular weight excluding hydrogens is 248 g/mol. The average molecular weight is 265 g/mol. The van der Waals surface area contributed by atoms with Crippen LogP contribution in [0.5, 0.6) is 0 Å². The first-order chi connectivity index (χ1) is 9.04. The number of furan rings is 1. The lowest BCUT2D eigenvalue weighted by Gasteiger charge is -2.18. The molecule has 102 valence electrons. The minimum absolute atomic E-state index is 0.0104. The summed E-state index contributed by atoms with van der Waals surface area (Å²) in [6.45, 7) is 5.88. The summed E-state index contributed by atoms with van der Waals surface area (Å²) in [6, 6.07) is 5.63. The Balaban J connectivity index is 2.53. The summed E-state index contributed by atoms with van der Waals surface area (Å²) in [5, 5.41) is 3.06. The Bertz CT molecular complexity index is 578. The molecule has 0 aliphatic heterocycles. The van der Waals surface area contributed by atoms with E-state index in [9.17, 15) is 8.78 Å². The summed E-state index contributed by atoms with van der Waals surface area (Å²) in [5.74, 6) is 0.136. The first-order valence-electron chi connectivity index (χ1n) is 6.28. The van der Waals surface area contributed by atoms with Crippen molar-refractivity contribution >= 4 is 0 Å². The van der Waals surface area contributed by atoms with Crippen LogP contribution in [0.2, 0.25) is 0 Å². The molecule has 1 aromatic heterocycles. The Labute approximate surface area is 111 Å². The van der Waals surface area contributed by atoms with Crippen molar-refractivity contribution < 1.29 is 13.2 Å². The highest BCUT2D eigenvalue weighted by Crippen LogP contribution is 2.29. The summed E-state index contributed by atoms with van der Waals surface area (Å²) in [5.41, 5.74) is 0.429. The van der Waals surface area contributed by atoms with Crippen LogP contribution in [0.4, 0.5) is 8.78 Å². The quantitative estimate of drug-likeness (QED) is 0.907. The van der Waals surface area contributed by atoms with Crippen molar-refractivity contribution in [2.24, 2.45) is 0 Å². The van der Waals surface area contributed by atoms with Crippen molar-refractivity contribution in [3.8, 4) is 0 Å². The van der Waals surface area contributed by atoms with Gasteiger partial charge in [-0.05, 0) is 44.2 Å². The number of halogens is 2. The second-order valence-electron chi connectivity index (χ2n) is 4.53. The van der Waals surface area contributed by atoms with Gasteiger partial charge in [-0.1, -0.05) is 13.0 Å². The molecule has 1 atom stereocenters. The van der Waals surface area contributed by atoms with E-state index in [2.05, 4.69) is 5.32 Å². The molecule has 0 saturated carbocycles. The molecule has 1 N–H and O–H groups in total. The SMILES string of the molecule is CCNC(c1ccc(C)o1)c1c(F)ccc(C)c1F. The summed E-state index contributed by atoms with van der Waals surface area (Å²) in [6.07, 6.45) is 0. The van der Waals surface area contributed by atoms with Gasteiger partial charge in [0.25, 0.3) is 0 Å². The van der Waals surface area contributed by atoms with Crippen molar-refractivity contribution in [1.29, 1.82) is 0 Å². The van der Waals surface area contributed by atoms with Crippen LogP contribution in [-0.4, -0.2) is 6.54 Å². The van der Waals surface area contributed by atoms with Crippen LogP contribution in [0.15, 0.2) is 28.7 Å². The lowest BCUT2D eigenvalue weighted by molar-refractivity contribution is 0.414. The van der Waals surface area contributed by atoms with E-state index in [1.54, 1.807) is 26.0 Å². The third-order valence-electron chi connectivity index (χ3n) is 3.06. The van der Waals surface area contributed by atoms with Crippen LogP contribution in [0.25, 0.3) is 0 Å².